The average molecular weight is 368 g/mol. The SMILES string of the molecule is NC(=NC(=O)CCCCCNC(=O)CS)SC(=[NH2+])c1ccccc1. The molecule has 6 nitrogen and oxygen atoms in total. The van der Waals surface area contributed by atoms with Crippen molar-refractivity contribution in [3.8, 4) is 0 Å². The van der Waals surface area contributed by atoms with Gasteiger partial charge in [0.15, 0.2) is 5.17 Å². The van der Waals surface area contributed by atoms with Gasteiger partial charge in [-0.1, -0.05) is 24.6 Å². The summed E-state index contributed by atoms with van der Waals surface area (Å²) in [5.41, 5.74) is 6.59. The molecule has 0 aliphatic rings. The van der Waals surface area contributed by atoms with Gasteiger partial charge in [0, 0.05) is 24.7 Å². The average Bonchev–Trinajstić information content (AvgIpc) is 2.58. The van der Waals surface area contributed by atoms with Crippen LogP contribution in [0.2, 0.25) is 0 Å². The zero-order valence-electron chi connectivity index (χ0n) is 13.4. The van der Waals surface area contributed by atoms with Crippen molar-refractivity contribution >= 4 is 46.4 Å². The molecule has 0 atom stereocenters. The topological polar surface area (TPSA) is 110 Å². The summed E-state index contributed by atoms with van der Waals surface area (Å²) >= 11 is 4.95. The predicted octanol–water partition coefficient (Wildman–Crippen LogP) is 0.373. The number of carbonyl (C=O) groups excluding carboxylic acids is 2. The van der Waals surface area contributed by atoms with Crippen molar-refractivity contribution in [1.29, 1.82) is 0 Å². The number of nitrogens with one attached hydrogen (secondary N) is 1. The molecule has 0 saturated carbocycles. The molecule has 130 valence electrons. The van der Waals surface area contributed by atoms with Crippen LogP contribution in [0.5, 0.6) is 0 Å². The highest BCUT2D eigenvalue weighted by Crippen LogP contribution is 2.10. The summed E-state index contributed by atoms with van der Waals surface area (Å²) in [7, 11) is 0. The molecule has 0 unspecified atom stereocenters. The number of amides is 2. The molecule has 0 aliphatic heterocycles. The zero-order valence-corrected chi connectivity index (χ0v) is 15.1. The molecular weight excluding hydrogens is 344 g/mol. The summed E-state index contributed by atoms with van der Waals surface area (Å²) in [6.07, 6.45) is 2.68. The Morgan fingerprint density at radius 3 is 2.58 bits per heavy atom. The summed E-state index contributed by atoms with van der Waals surface area (Å²) in [5.74, 6) is -0.163. The largest absolute Gasteiger partial charge is 0.378 e. The molecule has 0 fully saturated rings. The van der Waals surface area contributed by atoms with Gasteiger partial charge in [-0.3, -0.25) is 9.59 Å². The highest BCUT2D eigenvalue weighted by molar-refractivity contribution is 8.26. The number of rotatable bonds is 8. The van der Waals surface area contributed by atoms with Crippen LogP contribution in [0, 0.1) is 0 Å². The van der Waals surface area contributed by atoms with E-state index in [1.54, 1.807) is 0 Å². The van der Waals surface area contributed by atoms with Crippen LogP contribution in [0.15, 0.2) is 35.3 Å². The van der Waals surface area contributed by atoms with Crippen LogP contribution in [0.25, 0.3) is 0 Å². The molecule has 1 aromatic carbocycles. The van der Waals surface area contributed by atoms with Gasteiger partial charge in [-0.05, 0) is 25.0 Å². The second-order valence-electron chi connectivity index (χ2n) is 4.99. The molecular formula is C16H23N4O2S2+. The van der Waals surface area contributed by atoms with Crippen LogP contribution in [0.3, 0.4) is 0 Å². The number of nitrogens with two attached hydrogens (primary N) is 2. The van der Waals surface area contributed by atoms with Crippen LogP contribution in [0.1, 0.15) is 31.2 Å². The first-order valence-corrected chi connectivity index (χ1v) is 9.08. The predicted molar refractivity (Wildman–Crippen MR) is 102 cm³/mol. The Morgan fingerprint density at radius 1 is 1.21 bits per heavy atom. The maximum atomic E-state index is 11.7. The van der Waals surface area contributed by atoms with Crippen molar-refractivity contribution < 1.29 is 15.0 Å². The number of hydrogen-bond donors (Lipinski definition) is 4. The summed E-state index contributed by atoms with van der Waals surface area (Å²) in [4.78, 5) is 26.6. The number of thioether (sulfide) groups is 1. The van der Waals surface area contributed by atoms with Crippen molar-refractivity contribution in [3.63, 3.8) is 0 Å². The Balaban J connectivity index is 2.24. The summed E-state index contributed by atoms with van der Waals surface area (Å²) in [5, 5.41) is 9.30. The van der Waals surface area contributed by atoms with Gasteiger partial charge in [0.05, 0.1) is 11.3 Å². The third-order valence-corrected chi connectivity index (χ3v) is 4.08. The minimum Gasteiger partial charge on any atom is -0.378 e. The lowest BCUT2D eigenvalue weighted by Crippen LogP contribution is -2.39. The van der Waals surface area contributed by atoms with E-state index in [-0.39, 0.29) is 22.7 Å². The van der Waals surface area contributed by atoms with Gasteiger partial charge in [0.2, 0.25) is 16.9 Å². The van der Waals surface area contributed by atoms with Crippen molar-refractivity contribution in [2.24, 2.45) is 10.7 Å². The molecule has 24 heavy (non-hydrogen) atoms. The molecule has 0 radical (unpaired) electrons. The van der Waals surface area contributed by atoms with Gasteiger partial charge in [-0.25, -0.2) is 5.41 Å². The number of benzene rings is 1. The third-order valence-electron chi connectivity index (χ3n) is 3.04. The smallest absolute Gasteiger partial charge is 0.248 e. The van der Waals surface area contributed by atoms with Gasteiger partial charge in [-0.15, -0.1) is 0 Å². The van der Waals surface area contributed by atoms with Gasteiger partial charge < -0.3 is 11.1 Å². The fourth-order valence-electron chi connectivity index (χ4n) is 1.84. The number of thiol groups is 1. The molecule has 1 aromatic rings. The molecule has 0 saturated heterocycles. The number of aliphatic imine (C=N–C) groups is 1. The number of unbranched alkanes of at least 4 members (excludes halogenated alkanes) is 2. The lowest BCUT2D eigenvalue weighted by Gasteiger charge is -2.02. The first kappa shape index (κ1) is 20.2. The van der Waals surface area contributed by atoms with Crippen LogP contribution in [-0.4, -0.2) is 34.3 Å². The lowest BCUT2D eigenvalue weighted by molar-refractivity contribution is -0.119. The Bertz CT molecular complexity index is 591. The van der Waals surface area contributed by atoms with Crippen molar-refractivity contribution in [3.05, 3.63) is 35.9 Å². The quantitative estimate of drug-likeness (QED) is 0.230. The molecule has 0 aliphatic carbocycles. The van der Waals surface area contributed by atoms with E-state index in [9.17, 15) is 9.59 Å². The summed E-state index contributed by atoms with van der Waals surface area (Å²) in [6, 6.07) is 9.38. The first-order valence-electron chi connectivity index (χ1n) is 7.63. The Hall–Kier alpha value is -1.80. The van der Waals surface area contributed by atoms with E-state index in [0.29, 0.717) is 24.4 Å². The van der Waals surface area contributed by atoms with E-state index < -0.39 is 0 Å². The molecule has 0 heterocycles. The summed E-state index contributed by atoms with van der Waals surface area (Å²) < 4.78 is 0. The number of amidine groups is 1. The minimum atomic E-state index is -0.264. The number of carbonyl (C=O) groups is 2. The second-order valence-corrected chi connectivity index (χ2v) is 6.37. The third kappa shape index (κ3) is 8.73. The van der Waals surface area contributed by atoms with Crippen molar-refractivity contribution in [1.82, 2.24) is 5.32 Å². The minimum absolute atomic E-state index is 0.0870. The van der Waals surface area contributed by atoms with Gasteiger partial charge >= 0.3 is 0 Å². The second kappa shape index (κ2) is 11.7. The zero-order chi connectivity index (χ0) is 17.8. The van der Waals surface area contributed by atoms with Gasteiger partial charge in [0.25, 0.3) is 0 Å². The van der Waals surface area contributed by atoms with Crippen molar-refractivity contribution in [2.75, 3.05) is 12.3 Å². The van der Waals surface area contributed by atoms with E-state index >= 15 is 0 Å². The molecule has 5 N–H and O–H groups in total. The Kier molecular flexibility index (Phi) is 9.86. The van der Waals surface area contributed by atoms with Crippen LogP contribution >= 0.6 is 24.4 Å². The van der Waals surface area contributed by atoms with E-state index in [0.717, 1.165) is 30.2 Å². The fraction of sp³-hybridized carbons (Fsp3) is 0.375. The molecule has 2 amide bonds. The van der Waals surface area contributed by atoms with Crippen LogP contribution < -0.4 is 16.5 Å². The van der Waals surface area contributed by atoms with E-state index in [2.05, 4.69) is 22.9 Å². The van der Waals surface area contributed by atoms with Crippen LogP contribution in [0.4, 0.5) is 0 Å². The normalized spacial score (nSPS) is 11.1. The van der Waals surface area contributed by atoms with Gasteiger partial charge in [0.1, 0.15) is 0 Å². The highest BCUT2D eigenvalue weighted by Gasteiger charge is 2.11. The van der Waals surface area contributed by atoms with Crippen molar-refractivity contribution in [2.45, 2.75) is 25.7 Å². The molecule has 0 bridgehead atoms. The maximum absolute atomic E-state index is 11.7. The first-order chi connectivity index (χ1) is 11.5. The molecule has 1 rings (SSSR count). The van der Waals surface area contributed by atoms with E-state index in [1.807, 2.05) is 30.3 Å². The van der Waals surface area contributed by atoms with E-state index in [4.69, 9.17) is 11.1 Å². The van der Waals surface area contributed by atoms with Gasteiger partial charge in [-0.2, -0.15) is 17.6 Å². The Morgan fingerprint density at radius 2 is 1.92 bits per heavy atom. The van der Waals surface area contributed by atoms with E-state index in [1.165, 1.54) is 0 Å². The lowest BCUT2D eigenvalue weighted by atomic mass is 10.2. The molecule has 0 aromatic heterocycles. The standard InChI is InChI=1S/C16H22N4O2S2/c17-15(12-7-3-1-4-8-12)24-16(18)20-13(21)9-5-2-6-10-19-14(22)11-23/h1,3-4,7-8,17,23H,2,5-6,9-11H2,(H,19,22)(H2,18,20,21)/p+1. The number of hydrogen-bond acceptors (Lipinski definition) is 4. The molecule has 8 heteroatoms. The Labute approximate surface area is 151 Å². The number of nitrogens with zero attached hydrogens (tertiary/aromatic N) is 1. The fourth-order valence-corrected chi connectivity index (χ4v) is 2.58. The highest BCUT2D eigenvalue weighted by atomic mass is 32.2. The van der Waals surface area contributed by atoms with Crippen LogP contribution in [-0.2, 0) is 9.59 Å². The summed E-state index contributed by atoms with van der Waals surface area (Å²) in [6.45, 7) is 0.595. The maximum Gasteiger partial charge on any atom is 0.248 e. The molecule has 0 spiro atoms. The monoisotopic (exact) mass is 367 g/mol.